The molecule has 3 unspecified atom stereocenters. The number of carbonyl (C=O) groups is 3. The largest absolute Gasteiger partial charge is 0.481 e. The van der Waals surface area contributed by atoms with Crippen LogP contribution in [0.2, 0.25) is 0 Å². The van der Waals surface area contributed by atoms with Gasteiger partial charge in [-0.25, -0.2) is 0 Å². The van der Waals surface area contributed by atoms with E-state index in [4.69, 9.17) is 10.2 Å². The molecule has 0 saturated heterocycles. The summed E-state index contributed by atoms with van der Waals surface area (Å²) in [4.78, 5) is 52.4. The highest BCUT2D eigenvalue weighted by Crippen LogP contribution is 2.58. The van der Waals surface area contributed by atoms with Gasteiger partial charge in [0, 0.05) is 0 Å². The maximum atomic E-state index is 11.7. The van der Waals surface area contributed by atoms with E-state index in [2.05, 4.69) is 0 Å². The van der Waals surface area contributed by atoms with Gasteiger partial charge in [0.25, 0.3) is 0 Å². The van der Waals surface area contributed by atoms with Crippen molar-refractivity contribution in [1.82, 2.24) is 0 Å². The molecule has 5 N–H and O–H groups in total. The van der Waals surface area contributed by atoms with Gasteiger partial charge in [-0.15, -0.1) is 0 Å². The lowest BCUT2D eigenvalue weighted by Gasteiger charge is -2.35. The molecule has 0 saturated carbocycles. The fraction of sp³-hybridized carbons (Fsp3) is 0.727. The first-order valence-corrected chi connectivity index (χ1v) is 7.77. The minimum Gasteiger partial charge on any atom is -0.481 e. The smallest absolute Gasteiger partial charge is 0.343 e. The molecule has 0 bridgehead atoms. The summed E-state index contributed by atoms with van der Waals surface area (Å²) in [7, 11) is -5.43. The van der Waals surface area contributed by atoms with E-state index >= 15 is 0 Å². The zero-order chi connectivity index (χ0) is 17.0. The number of carboxylic acid groups (broad SMARTS) is 3. The van der Waals surface area contributed by atoms with Crippen molar-refractivity contribution in [3.8, 4) is 0 Å². The average molecular weight is 326 g/mol. The summed E-state index contributed by atoms with van der Waals surface area (Å²) in [5.41, 5.74) is 0. The SMILES string of the molecule is CCCC(CC(C(=O)O)(C(C)C(=O)O)P(=O)(O)O)C(=O)O. The number of carboxylic acids is 3. The highest BCUT2D eigenvalue weighted by Gasteiger charge is 2.61. The van der Waals surface area contributed by atoms with Crippen LogP contribution in [0.25, 0.3) is 0 Å². The topological polar surface area (TPSA) is 169 Å². The fourth-order valence-electron chi connectivity index (χ4n) is 2.19. The zero-order valence-corrected chi connectivity index (χ0v) is 12.5. The molecule has 0 aromatic heterocycles. The fourth-order valence-corrected chi connectivity index (χ4v) is 3.51. The Labute approximate surface area is 120 Å². The third kappa shape index (κ3) is 4.03. The first kappa shape index (κ1) is 19.6. The highest BCUT2D eigenvalue weighted by molar-refractivity contribution is 7.54. The molecule has 0 amide bonds. The third-order valence-corrected chi connectivity index (χ3v) is 5.32. The van der Waals surface area contributed by atoms with Gasteiger partial charge in [-0.3, -0.25) is 18.9 Å². The minimum absolute atomic E-state index is 0.0172. The second-order valence-electron chi connectivity index (χ2n) is 4.86. The monoisotopic (exact) mass is 326 g/mol. The molecule has 0 spiro atoms. The molecule has 0 fully saturated rings. The average Bonchev–Trinajstić information content (AvgIpc) is 2.30. The van der Waals surface area contributed by atoms with E-state index < -0.39 is 48.9 Å². The summed E-state index contributed by atoms with van der Waals surface area (Å²) in [6.45, 7) is 2.47. The molecular weight excluding hydrogens is 307 g/mol. The normalized spacial score (nSPS) is 17.5. The molecule has 0 rings (SSSR count). The lowest BCUT2D eigenvalue weighted by atomic mass is 9.82. The van der Waals surface area contributed by atoms with Gasteiger partial charge in [-0.1, -0.05) is 20.3 Å². The third-order valence-electron chi connectivity index (χ3n) is 3.52. The summed E-state index contributed by atoms with van der Waals surface area (Å²) in [5, 5.41) is 24.3. The molecule has 21 heavy (non-hydrogen) atoms. The van der Waals surface area contributed by atoms with E-state index in [9.17, 15) is 33.8 Å². The zero-order valence-electron chi connectivity index (χ0n) is 11.6. The number of hydrogen-bond donors (Lipinski definition) is 5. The van der Waals surface area contributed by atoms with Crippen molar-refractivity contribution in [2.75, 3.05) is 0 Å². The Kier molecular flexibility index (Phi) is 6.54. The van der Waals surface area contributed by atoms with Crippen molar-refractivity contribution in [3.63, 3.8) is 0 Å². The van der Waals surface area contributed by atoms with E-state index in [1.165, 1.54) is 0 Å². The molecule has 0 heterocycles. The number of hydrogen-bond acceptors (Lipinski definition) is 4. The van der Waals surface area contributed by atoms with E-state index in [0.29, 0.717) is 6.42 Å². The minimum atomic E-state index is -5.43. The Hall–Kier alpha value is -1.44. The van der Waals surface area contributed by atoms with Crippen molar-refractivity contribution in [2.45, 2.75) is 38.3 Å². The van der Waals surface area contributed by atoms with Crippen LogP contribution < -0.4 is 0 Å². The van der Waals surface area contributed by atoms with Gasteiger partial charge in [0.05, 0.1) is 11.8 Å². The van der Waals surface area contributed by atoms with E-state index in [0.717, 1.165) is 6.92 Å². The second-order valence-corrected chi connectivity index (χ2v) is 6.75. The number of aliphatic carboxylic acids is 3. The summed E-state index contributed by atoms with van der Waals surface area (Å²) in [6.07, 6.45) is -0.630. The Morgan fingerprint density at radius 2 is 1.57 bits per heavy atom. The molecule has 9 nitrogen and oxygen atoms in total. The van der Waals surface area contributed by atoms with Gasteiger partial charge in [-0.05, 0) is 12.8 Å². The number of rotatable bonds is 9. The maximum Gasteiger partial charge on any atom is 0.343 e. The van der Waals surface area contributed by atoms with Crippen LogP contribution in [-0.2, 0) is 18.9 Å². The molecular formula is C11H19O9P. The second kappa shape index (κ2) is 7.02. The summed E-state index contributed by atoms with van der Waals surface area (Å²) in [5.74, 6) is -8.47. The summed E-state index contributed by atoms with van der Waals surface area (Å²) < 4.78 is 11.7. The molecule has 122 valence electrons. The van der Waals surface area contributed by atoms with Crippen LogP contribution in [0.5, 0.6) is 0 Å². The Bertz CT molecular complexity index is 468. The lowest BCUT2D eigenvalue weighted by Crippen LogP contribution is -2.49. The maximum absolute atomic E-state index is 11.7. The molecule has 0 aromatic rings. The predicted molar refractivity (Wildman–Crippen MR) is 69.9 cm³/mol. The molecule has 0 aliphatic rings. The van der Waals surface area contributed by atoms with E-state index in [1.54, 1.807) is 6.92 Å². The van der Waals surface area contributed by atoms with Crippen LogP contribution in [-0.4, -0.2) is 48.2 Å². The van der Waals surface area contributed by atoms with Gasteiger partial charge in [0.15, 0.2) is 5.16 Å². The van der Waals surface area contributed by atoms with Crippen molar-refractivity contribution in [1.29, 1.82) is 0 Å². The highest BCUT2D eigenvalue weighted by atomic mass is 31.2. The predicted octanol–water partition coefficient (Wildman–Crippen LogP) is 0.599. The Morgan fingerprint density at radius 3 is 1.81 bits per heavy atom. The molecule has 0 aromatic carbocycles. The van der Waals surface area contributed by atoms with Crippen molar-refractivity contribution in [2.24, 2.45) is 11.8 Å². The van der Waals surface area contributed by atoms with Crippen molar-refractivity contribution >= 4 is 25.5 Å². The van der Waals surface area contributed by atoms with Crippen molar-refractivity contribution in [3.05, 3.63) is 0 Å². The molecule has 0 aliphatic heterocycles. The summed E-state index contributed by atoms with van der Waals surface area (Å²) in [6, 6.07) is 0. The van der Waals surface area contributed by atoms with Gasteiger partial charge < -0.3 is 25.1 Å². The first-order valence-electron chi connectivity index (χ1n) is 6.16. The van der Waals surface area contributed by atoms with Crippen LogP contribution >= 0.6 is 7.60 Å². The van der Waals surface area contributed by atoms with E-state index in [1.807, 2.05) is 0 Å². The van der Waals surface area contributed by atoms with Crippen LogP contribution in [0, 0.1) is 11.8 Å². The van der Waals surface area contributed by atoms with Gasteiger partial charge in [-0.2, -0.15) is 0 Å². The molecule has 0 radical (unpaired) electrons. The van der Waals surface area contributed by atoms with Crippen LogP contribution in [0.15, 0.2) is 0 Å². The summed E-state index contributed by atoms with van der Waals surface area (Å²) >= 11 is 0. The Balaban J connectivity index is 6.02. The first-order chi connectivity index (χ1) is 9.41. The molecule has 10 heteroatoms. The quantitative estimate of drug-likeness (QED) is 0.381. The van der Waals surface area contributed by atoms with Gasteiger partial charge >= 0.3 is 25.5 Å². The van der Waals surface area contributed by atoms with Crippen LogP contribution in [0.4, 0.5) is 0 Å². The Morgan fingerprint density at radius 1 is 1.10 bits per heavy atom. The lowest BCUT2D eigenvalue weighted by molar-refractivity contribution is -0.154. The van der Waals surface area contributed by atoms with Crippen LogP contribution in [0.1, 0.15) is 33.1 Å². The molecule has 3 atom stereocenters. The molecule has 0 aliphatic carbocycles. The van der Waals surface area contributed by atoms with Gasteiger partial charge in [0.1, 0.15) is 0 Å². The van der Waals surface area contributed by atoms with Gasteiger partial charge in [0.2, 0.25) is 0 Å². The van der Waals surface area contributed by atoms with Crippen molar-refractivity contribution < 1.29 is 44.1 Å². The van der Waals surface area contributed by atoms with Crippen LogP contribution in [0.3, 0.4) is 0 Å². The van der Waals surface area contributed by atoms with E-state index in [-0.39, 0.29) is 6.42 Å². The standard InChI is InChI=1S/C11H19O9P/c1-3-4-7(9(14)15)5-11(10(16)17,21(18,19)20)6(2)8(12)13/h6-7H,3-5H2,1-2H3,(H,12,13)(H,14,15)(H,16,17)(H2,18,19,20).